The van der Waals surface area contributed by atoms with E-state index < -0.39 is 5.97 Å². The van der Waals surface area contributed by atoms with Gasteiger partial charge in [0, 0.05) is 5.57 Å². The van der Waals surface area contributed by atoms with E-state index in [1.165, 1.54) is 0 Å². The zero-order chi connectivity index (χ0) is 5.86. The van der Waals surface area contributed by atoms with Gasteiger partial charge >= 0.3 is 35.5 Å². The number of allylic oxidation sites excluding steroid dienone is 1. The summed E-state index contributed by atoms with van der Waals surface area (Å²) in [7, 11) is 0. The predicted molar refractivity (Wildman–Crippen MR) is 28.2 cm³/mol. The molecule has 0 amide bonds. The van der Waals surface area contributed by atoms with Gasteiger partial charge in [-0.3, -0.25) is 0 Å². The van der Waals surface area contributed by atoms with Crippen LogP contribution in [0.1, 0.15) is 15.3 Å². The van der Waals surface area contributed by atoms with Gasteiger partial charge in [-0.1, -0.05) is 6.08 Å². The van der Waals surface area contributed by atoms with Crippen LogP contribution in [0.3, 0.4) is 0 Å². The van der Waals surface area contributed by atoms with E-state index in [0.717, 1.165) is 0 Å². The molecule has 0 aliphatic rings. The number of carboxylic acids is 1. The Morgan fingerprint density at radius 3 is 2.12 bits per heavy atom. The van der Waals surface area contributed by atoms with Gasteiger partial charge in [0.15, 0.2) is 0 Å². The first kappa shape index (κ1) is 11.1. The van der Waals surface area contributed by atoms with Gasteiger partial charge in [-0.15, -0.1) is 0 Å². The van der Waals surface area contributed by atoms with Crippen molar-refractivity contribution in [3.8, 4) is 0 Å². The second-order valence-corrected chi connectivity index (χ2v) is 1.28. The average Bonchev–Trinajstić information content (AvgIpc) is 1.65. The Hall–Kier alpha value is 0.210. The Morgan fingerprint density at radius 2 is 2.12 bits per heavy atom. The molecule has 8 heavy (non-hydrogen) atoms. The topological polar surface area (TPSA) is 37.3 Å². The molecule has 0 fully saturated rings. The van der Waals surface area contributed by atoms with Crippen LogP contribution in [0.5, 0.6) is 0 Å². The van der Waals surface area contributed by atoms with E-state index in [4.69, 9.17) is 5.11 Å². The Labute approximate surface area is 72.4 Å². The number of rotatable bonds is 1. The Kier molecular flexibility index (Phi) is 7.40. The van der Waals surface area contributed by atoms with Crippen molar-refractivity contribution in [1.29, 1.82) is 0 Å². The maximum Gasteiger partial charge on any atom is 1.00 e. The van der Waals surface area contributed by atoms with Crippen LogP contribution in [-0.4, -0.2) is 11.1 Å². The molecule has 0 bridgehead atoms. The van der Waals surface area contributed by atoms with Crippen molar-refractivity contribution in [3.63, 3.8) is 0 Å². The molecule has 0 aromatic rings. The van der Waals surface area contributed by atoms with E-state index in [1.807, 2.05) is 0 Å². The van der Waals surface area contributed by atoms with Crippen molar-refractivity contribution < 1.29 is 40.9 Å². The summed E-state index contributed by atoms with van der Waals surface area (Å²) in [6, 6.07) is 0. The number of aliphatic carboxylic acids is 1. The van der Waals surface area contributed by atoms with Crippen LogP contribution in [0.25, 0.3) is 0 Å². The van der Waals surface area contributed by atoms with E-state index in [1.54, 1.807) is 19.9 Å². The standard InChI is InChI=1S/C5H8O2.Na.H/c1-3-4(2)5(6)7;;/h3H,1-2H3,(H,6,7);;/q;+1;-1. The summed E-state index contributed by atoms with van der Waals surface area (Å²) in [6.45, 7) is 3.26. The summed E-state index contributed by atoms with van der Waals surface area (Å²) in [4.78, 5) is 9.86. The Bertz CT molecular complexity index is 112. The first-order valence-electron chi connectivity index (χ1n) is 2.04. The summed E-state index contributed by atoms with van der Waals surface area (Å²) >= 11 is 0. The zero-order valence-corrected chi connectivity index (χ0v) is 7.43. The first-order chi connectivity index (χ1) is 3.18. The minimum atomic E-state index is -0.845. The van der Waals surface area contributed by atoms with E-state index >= 15 is 0 Å². The van der Waals surface area contributed by atoms with Crippen LogP contribution >= 0.6 is 0 Å². The minimum Gasteiger partial charge on any atom is -1.00 e. The van der Waals surface area contributed by atoms with Gasteiger partial charge in [-0.2, -0.15) is 0 Å². The maximum absolute atomic E-state index is 9.86. The van der Waals surface area contributed by atoms with Crippen LogP contribution < -0.4 is 29.6 Å². The van der Waals surface area contributed by atoms with E-state index in [0.29, 0.717) is 5.57 Å². The number of carbonyl (C=O) groups is 1. The molecule has 0 radical (unpaired) electrons. The van der Waals surface area contributed by atoms with Gasteiger partial charge in [-0.25, -0.2) is 4.79 Å². The monoisotopic (exact) mass is 124 g/mol. The molecule has 0 rings (SSSR count). The van der Waals surface area contributed by atoms with Crippen LogP contribution in [0.15, 0.2) is 11.6 Å². The summed E-state index contributed by atoms with van der Waals surface area (Å²) in [6.07, 6.45) is 1.56. The van der Waals surface area contributed by atoms with Crippen LogP contribution in [0, 0.1) is 0 Å². The molecule has 0 spiro atoms. The summed E-state index contributed by atoms with van der Waals surface area (Å²) in [5, 5.41) is 8.11. The summed E-state index contributed by atoms with van der Waals surface area (Å²) in [5.41, 5.74) is 0.389. The molecule has 0 saturated heterocycles. The van der Waals surface area contributed by atoms with Gasteiger partial charge in [0.2, 0.25) is 0 Å². The molecule has 0 heterocycles. The molecular weight excluding hydrogens is 115 g/mol. The zero-order valence-electron chi connectivity index (χ0n) is 6.43. The number of hydrogen-bond donors (Lipinski definition) is 1. The SMILES string of the molecule is CC=C(C)C(=O)O.[H-].[Na+]. The Morgan fingerprint density at radius 1 is 1.75 bits per heavy atom. The van der Waals surface area contributed by atoms with Gasteiger partial charge in [0.1, 0.15) is 0 Å². The fourth-order valence-corrected chi connectivity index (χ4v) is 0.123. The van der Waals surface area contributed by atoms with E-state index in [-0.39, 0.29) is 31.0 Å². The van der Waals surface area contributed by atoms with Crippen LogP contribution in [0.4, 0.5) is 0 Å². The molecule has 0 unspecified atom stereocenters. The molecule has 1 N–H and O–H groups in total. The largest absolute Gasteiger partial charge is 1.00 e. The molecule has 0 aliphatic heterocycles. The van der Waals surface area contributed by atoms with Gasteiger partial charge in [0.05, 0.1) is 0 Å². The minimum absolute atomic E-state index is 0. The normalized spacial score (nSPS) is 10.0. The molecule has 3 heteroatoms. The molecule has 0 aliphatic carbocycles. The van der Waals surface area contributed by atoms with E-state index in [9.17, 15) is 4.79 Å². The molecule has 42 valence electrons. The molecule has 0 aromatic carbocycles. The smallest absolute Gasteiger partial charge is 1.00 e. The van der Waals surface area contributed by atoms with Crippen molar-refractivity contribution in [2.75, 3.05) is 0 Å². The number of hydrogen-bond acceptors (Lipinski definition) is 1. The van der Waals surface area contributed by atoms with Gasteiger partial charge in [0.25, 0.3) is 0 Å². The molecule has 0 atom stereocenters. The third-order valence-corrected chi connectivity index (χ3v) is 0.770. The fraction of sp³-hybridized carbons (Fsp3) is 0.400. The molecular formula is C5H9NaO2. The second kappa shape index (κ2) is 5.35. The van der Waals surface area contributed by atoms with Crippen molar-refractivity contribution in [1.82, 2.24) is 0 Å². The third-order valence-electron chi connectivity index (χ3n) is 0.770. The second-order valence-electron chi connectivity index (χ2n) is 1.28. The van der Waals surface area contributed by atoms with Crippen molar-refractivity contribution in [2.24, 2.45) is 0 Å². The van der Waals surface area contributed by atoms with Crippen LogP contribution in [0.2, 0.25) is 0 Å². The Balaban J connectivity index is -0.000000180. The van der Waals surface area contributed by atoms with E-state index in [2.05, 4.69) is 0 Å². The number of carboxylic acid groups (broad SMARTS) is 1. The fourth-order valence-electron chi connectivity index (χ4n) is 0.123. The first-order valence-corrected chi connectivity index (χ1v) is 2.04. The quantitative estimate of drug-likeness (QED) is 0.329. The predicted octanol–water partition coefficient (Wildman–Crippen LogP) is -1.85. The van der Waals surface area contributed by atoms with Gasteiger partial charge < -0.3 is 6.53 Å². The van der Waals surface area contributed by atoms with Gasteiger partial charge in [-0.05, 0) is 13.8 Å². The maximum atomic E-state index is 9.86. The van der Waals surface area contributed by atoms with Crippen molar-refractivity contribution in [3.05, 3.63) is 11.6 Å². The molecule has 0 saturated carbocycles. The third kappa shape index (κ3) is 4.37. The van der Waals surface area contributed by atoms with Crippen LogP contribution in [-0.2, 0) is 4.79 Å². The average molecular weight is 124 g/mol. The van der Waals surface area contributed by atoms with Crippen molar-refractivity contribution >= 4 is 5.97 Å². The molecule has 2 nitrogen and oxygen atoms in total. The molecule has 0 aromatic heterocycles. The summed E-state index contributed by atoms with van der Waals surface area (Å²) in [5.74, 6) is -0.845. The van der Waals surface area contributed by atoms with Crippen molar-refractivity contribution in [2.45, 2.75) is 13.8 Å². The summed E-state index contributed by atoms with van der Waals surface area (Å²) < 4.78 is 0.